The van der Waals surface area contributed by atoms with E-state index >= 15 is 0 Å². The fraction of sp³-hybridized carbons (Fsp3) is 0.722. The number of pyridine rings is 1. The molecule has 0 saturated carbocycles. The van der Waals surface area contributed by atoms with Crippen molar-refractivity contribution < 1.29 is 19.2 Å². The molecule has 0 spiro atoms. The minimum absolute atomic E-state index is 0.00662. The lowest BCUT2D eigenvalue weighted by Gasteiger charge is -2.48. The lowest BCUT2D eigenvalue weighted by Crippen LogP contribution is -2.57. The van der Waals surface area contributed by atoms with Crippen molar-refractivity contribution in [2.75, 3.05) is 0 Å². The molecule has 0 radical (unpaired) electrons. The van der Waals surface area contributed by atoms with Crippen LogP contribution in [0.5, 0.6) is 0 Å². The Hall–Kier alpha value is -1.35. The first-order chi connectivity index (χ1) is 11.8. The summed E-state index contributed by atoms with van der Waals surface area (Å²) in [6, 6.07) is 1.61. The quantitative estimate of drug-likeness (QED) is 0.481. The second-order valence-corrected chi connectivity index (χ2v) is 13.8. The van der Waals surface area contributed by atoms with E-state index in [1.807, 2.05) is 0 Å². The SMILES string of the molecule is CC1(C)O[C@@H](c2ccncc2[N+](=O)[O-])C[C@H](O[Si](C)(C)C(C)(C)C)[C@@H]1O. The van der Waals surface area contributed by atoms with Crippen molar-refractivity contribution in [2.24, 2.45) is 0 Å². The van der Waals surface area contributed by atoms with Crippen LogP contribution in [0, 0.1) is 10.1 Å². The highest BCUT2D eigenvalue weighted by Gasteiger charge is 2.49. The number of nitrogens with zero attached hydrogens (tertiary/aromatic N) is 2. The Kier molecular flexibility index (Phi) is 5.63. The molecule has 1 fully saturated rings. The third kappa shape index (κ3) is 4.14. The van der Waals surface area contributed by atoms with Crippen LogP contribution in [0.15, 0.2) is 18.5 Å². The second kappa shape index (κ2) is 6.99. The van der Waals surface area contributed by atoms with Gasteiger partial charge in [-0.15, -0.1) is 0 Å². The summed E-state index contributed by atoms with van der Waals surface area (Å²) >= 11 is 0. The molecule has 0 aromatic carbocycles. The Balaban J connectivity index is 2.37. The Labute approximate surface area is 156 Å². The topological polar surface area (TPSA) is 94.7 Å². The summed E-state index contributed by atoms with van der Waals surface area (Å²) in [5, 5.41) is 22.2. The van der Waals surface area contributed by atoms with E-state index in [4.69, 9.17) is 9.16 Å². The predicted octanol–water partition coefficient (Wildman–Crippen LogP) is 3.98. The van der Waals surface area contributed by atoms with Crippen molar-refractivity contribution in [3.05, 3.63) is 34.1 Å². The lowest BCUT2D eigenvalue weighted by atomic mass is 9.87. The minimum atomic E-state index is -2.12. The third-order valence-corrected chi connectivity index (χ3v) is 10.1. The van der Waals surface area contributed by atoms with Gasteiger partial charge in [-0.3, -0.25) is 15.1 Å². The molecule has 26 heavy (non-hydrogen) atoms. The third-order valence-electron chi connectivity index (χ3n) is 5.59. The first-order valence-corrected chi connectivity index (χ1v) is 11.8. The monoisotopic (exact) mass is 382 g/mol. The summed E-state index contributed by atoms with van der Waals surface area (Å²) in [5.41, 5.74) is -0.489. The molecule has 8 heteroatoms. The van der Waals surface area contributed by atoms with E-state index in [1.165, 1.54) is 12.4 Å². The van der Waals surface area contributed by atoms with Crippen LogP contribution in [0.2, 0.25) is 18.1 Å². The Morgan fingerprint density at radius 2 is 2.04 bits per heavy atom. The van der Waals surface area contributed by atoms with Gasteiger partial charge in [0, 0.05) is 12.6 Å². The van der Waals surface area contributed by atoms with Crippen LogP contribution in [0.3, 0.4) is 0 Å². The number of aromatic nitrogens is 1. The molecule has 3 atom stereocenters. The first kappa shape index (κ1) is 21.0. The van der Waals surface area contributed by atoms with Crippen LogP contribution in [0.25, 0.3) is 0 Å². The largest absolute Gasteiger partial charge is 0.411 e. The highest BCUT2D eigenvalue weighted by Crippen LogP contribution is 2.44. The van der Waals surface area contributed by atoms with Crippen LogP contribution < -0.4 is 0 Å². The highest BCUT2D eigenvalue weighted by molar-refractivity contribution is 6.74. The average Bonchev–Trinajstić information content (AvgIpc) is 2.50. The molecule has 2 heterocycles. The van der Waals surface area contributed by atoms with Gasteiger partial charge in [0.25, 0.3) is 5.69 Å². The van der Waals surface area contributed by atoms with E-state index in [2.05, 4.69) is 38.8 Å². The number of hydrogen-bond donors (Lipinski definition) is 1. The Bertz CT molecular complexity index is 672. The van der Waals surface area contributed by atoms with Crippen molar-refractivity contribution in [3.8, 4) is 0 Å². The van der Waals surface area contributed by atoms with Gasteiger partial charge in [0.05, 0.1) is 28.3 Å². The molecule has 0 bridgehead atoms. The summed E-state index contributed by atoms with van der Waals surface area (Å²) in [7, 11) is -2.12. The summed E-state index contributed by atoms with van der Waals surface area (Å²) in [5.74, 6) is 0. The highest BCUT2D eigenvalue weighted by atomic mass is 28.4. The van der Waals surface area contributed by atoms with E-state index in [0.29, 0.717) is 12.0 Å². The molecule has 1 aliphatic heterocycles. The normalized spacial score (nSPS) is 26.5. The molecule has 0 unspecified atom stereocenters. The van der Waals surface area contributed by atoms with E-state index in [-0.39, 0.29) is 10.7 Å². The van der Waals surface area contributed by atoms with Gasteiger partial charge in [-0.25, -0.2) is 0 Å². The number of rotatable bonds is 4. The molecule has 1 aromatic heterocycles. The van der Waals surface area contributed by atoms with E-state index in [9.17, 15) is 15.2 Å². The Morgan fingerprint density at radius 1 is 1.42 bits per heavy atom. The molecule has 146 valence electrons. The predicted molar refractivity (Wildman–Crippen MR) is 101 cm³/mol. The van der Waals surface area contributed by atoms with Gasteiger partial charge in [-0.1, -0.05) is 20.8 Å². The van der Waals surface area contributed by atoms with Crippen molar-refractivity contribution >= 4 is 14.0 Å². The molecule has 0 amide bonds. The average molecular weight is 383 g/mol. The van der Waals surface area contributed by atoms with Crippen molar-refractivity contribution in [3.63, 3.8) is 0 Å². The maximum Gasteiger partial charge on any atom is 0.293 e. The second-order valence-electron chi connectivity index (χ2n) is 9.00. The molecular weight excluding hydrogens is 352 g/mol. The van der Waals surface area contributed by atoms with E-state index < -0.39 is 37.2 Å². The van der Waals surface area contributed by atoms with Gasteiger partial charge < -0.3 is 14.3 Å². The number of aliphatic hydroxyl groups excluding tert-OH is 1. The van der Waals surface area contributed by atoms with E-state index in [0.717, 1.165) is 0 Å². The van der Waals surface area contributed by atoms with Gasteiger partial charge in [0.15, 0.2) is 8.32 Å². The summed E-state index contributed by atoms with van der Waals surface area (Å²) in [6.45, 7) is 14.3. The van der Waals surface area contributed by atoms with Gasteiger partial charge in [0.1, 0.15) is 12.3 Å². The fourth-order valence-electron chi connectivity index (χ4n) is 2.95. The zero-order valence-electron chi connectivity index (χ0n) is 16.6. The zero-order valence-corrected chi connectivity index (χ0v) is 17.6. The molecule has 1 saturated heterocycles. The van der Waals surface area contributed by atoms with Crippen LogP contribution >= 0.6 is 0 Å². The molecule has 2 rings (SSSR count). The molecular formula is C18H30N2O5Si. The van der Waals surface area contributed by atoms with Gasteiger partial charge in [0.2, 0.25) is 0 Å². The summed E-state index contributed by atoms with van der Waals surface area (Å²) < 4.78 is 12.5. The Morgan fingerprint density at radius 3 is 2.58 bits per heavy atom. The maximum absolute atomic E-state index is 11.4. The standard InChI is InChI=1S/C18H30N2O5Si/c1-17(2,3)26(6,7)25-15-10-14(24-18(4,5)16(15)21)12-8-9-19-11-13(12)20(22)23/h8-9,11,14-16,21H,10H2,1-7H3/t14-,15+,16+/m1/s1. The molecule has 0 aliphatic carbocycles. The number of ether oxygens (including phenoxy) is 1. The summed E-state index contributed by atoms with van der Waals surface area (Å²) in [6.07, 6.45) is 1.33. The fourth-order valence-corrected chi connectivity index (χ4v) is 4.29. The van der Waals surface area contributed by atoms with Crippen molar-refractivity contribution in [1.29, 1.82) is 0 Å². The lowest BCUT2D eigenvalue weighted by molar-refractivity contribution is -0.387. The minimum Gasteiger partial charge on any atom is -0.411 e. The zero-order chi connectivity index (χ0) is 19.9. The van der Waals surface area contributed by atoms with Crippen LogP contribution in [-0.4, -0.2) is 41.1 Å². The van der Waals surface area contributed by atoms with Crippen molar-refractivity contribution in [2.45, 2.75) is 83.1 Å². The number of aliphatic hydroxyl groups is 1. The summed E-state index contributed by atoms with van der Waals surface area (Å²) in [4.78, 5) is 14.8. The van der Waals surface area contributed by atoms with E-state index in [1.54, 1.807) is 19.9 Å². The number of hydrogen-bond acceptors (Lipinski definition) is 6. The molecule has 7 nitrogen and oxygen atoms in total. The van der Waals surface area contributed by atoms with Crippen LogP contribution in [0.4, 0.5) is 5.69 Å². The van der Waals surface area contributed by atoms with Gasteiger partial charge >= 0.3 is 0 Å². The number of nitro groups is 1. The molecule has 1 aliphatic rings. The van der Waals surface area contributed by atoms with Gasteiger partial charge in [-0.05, 0) is 38.0 Å². The first-order valence-electron chi connectivity index (χ1n) is 8.88. The molecule has 1 N–H and O–H groups in total. The van der Waals surface area contributed by atoms with Crippen molar-refractivity contribution in [1.82, 2.24) is 4.98 Å². The van der Waals surface area contributed by atoms with Gasteiger partial charge in [-0.2, -0.15) is 0 Å². The molecule has 1 aromatic rings. The van der Waals surface area contributed by atoms with Crippen LogP contribution in [0.1, 0.15) is 52.7 Å². The maximum atomic E-state index is 11.4. The van der Waals surface area contributed by atoms with Crippen LogP contribution in [-0.2, 0) is 9.16 Å². The smallest absolute Gasteiger partial charge is 0.293 e.